The topological polar surface area (TPSA) is 78.9 Å². The molecule has 0 saturated heterocycles. The number of carbonyl (C=O) groups excluding carboxylic acids is 1. The molecule has 1 unspecified atom stereocenters. The molecule has 0 bridgehead atoms. The van der Waals surface area contributed by atoms with Crippen molar-refractivity contribution < 1.29 is 4.79 Å². The molecule has 1 aliphatic heterocycles. The molecule has 3 N–H and O–H groups in total. The van der Waals surface area contributed by atoms with Gasteiger partial charge in [-0.15, -0.1) is 0 Å². The molecular formula is C9H7N3O. The number of benzene rings is 1. The Balaban J connectivity index is 2.56. The molecule has 1 amide bonds. The minimum atomic E-state index is -0.685. The van der Waals surface area contributed by atoms with Gasteiger partial charge in [0, 0.05) is 16.9 Å². The Kier molecular flexibility index (Phi) is 1.46. The van der Waals surface area contributed by atoms with Crippen LogP contribution >= 0.6 is 0 Å². The second-order valence-electron chi connectivity index (χ2n) is 2.90. The Labute approximate surface area is 75.0 Å². The molecule has 0 fully saturated rings. The highest BCUT2D eigenvalue weighted by molar-refractivity contribution is 6.05. The molecule has 13 heavy (non-hydrogen) atoms. The van der Waals surface area contributed by atoms with Crippen molar-refractivity contribution in [2.45, 2.75) is 5.92 Å². The van der Waals surface area contributed by atoms with Crippen LogP contribution in [0.2, 0.25) is 0 Å². The molecule has 0 spiro atoms. The van der Waals surface area contributed by atoms with Gasteiger partial charge >= 0.3 is 0 Å². The lowest BCUT2D eigenvalue weighted by Crippen LogP contribution is -2.09. The van der Waals surface area contributed by atoms with E-state index in [4.69, 9.17) is 11.0 Å². The molecule has 1 heterocycles. The first-order valence-electron chi connectivity index (χ1n) is 3.82. The number of rotatable bonds is 0. The van der Waals surface area contributed by atoms with Crippen molar-refractivity contribution in [2.24, 2.45) is 0 Å². The fraction of sp³-hybridized carbons (Fsp3) is 0.111. The van der Waals surface area contributed by atoms with Crippen LogP contribution in [0.25, 0.3) is 0 Å². The number of hydrogen-bond acceptors (Lipinski definition) is 3. The Morgan fingerprint density at radius 2 is 2.31 bits per heavy atom. The SMILES string of the molecule is N#CC1C(=O)Nc2cc(N)ccc21. The summed E-state index contributed by atoms with van der Waals surface area (Å²) in [7, 11) is 0. The monoisotopic (exact) mass is 173 g/mol. The molecule has 0 aromatic heterocycles. The van der Waals surface area contributed by atoms with Gasteiger partial charge in [-0.2, -0.15) is 5.26 Å². The molecule has 2 rings (SSSR count). The van der Waals surface area contributed by atoms with Gasteiger partial charge < -0.3 is 11.1 Å². The molecule has 4 heteroatoms. The van der Waals surface area contributed by atoms with Gasteiger partial charge in [-0.1, -0.05) is 6.07 Å². The van der Waals surface area contributed by atoms with Crippen molar-refractivity contribution in [1.29, 1.82) is 5.26 Å². The van der Waals surface area contributed by atoms with Crippen LogP contribution < -0.4 is 11.1 Å². The van der Waals surface area contributed by atoms with Gasteiger partial charge in [-0.05, 0) is 12.1 Å². The molecule has 1 aromatic rings. The minimum absolute atomic E-state index is 0.275. The highest BCUT2D eigenvalue weighted by Gasteiger charge is 2.30. The third kappa shape index (κ3) is 1.02. The Hall–Kier alpha value is -2.02. The van der Waals surface area contributed by atoms with Gasteiger partial charge in [-0.3, -0.25) is 4.79 Å². The number of nitrogens with zero attached hydrogens (tertiary/aromatic N) is 1. The summed E-state index contributed by atoms with van der Waals surface area (Å²) in [5.41, 5.74) is 7.47. The van der Waals surface area contributed by atoms with E-state index < -0.39 is 5.92 Å². The number of amides is 1. The maximum absolute atomic E-state index is 11.2. The maximum atomic E-state index is 11.2. The lowest BCUT2D eigenvalue weighted by Gasteiger charge is -1.99. The van der Waals surface area contributed by atoms with E-state index in [1.165, 1.54) is 0 Å². The molecule has 64 valence electrons. The van der Waals surface area contributed by atoms with E-state index in [9.17, 15) is 4.79 Å². The van der Waals surface area contributed by atoms with E-state index in [2.05, 4.69) is 5.32 Å². The molecule has 1 aromatic carbocycles. The molecule has 1 atom stereocenters. The second kappa shape index (κ2) is 2.49. The van der Waals surface area contributed by atoms with Crippen molar-refractivity contribution >= 4 is 17.3 Å². The lowest BCUT2D eigenvalue weighted by molar-refractivity contribution is -0.115. The summed E-state index contributed by atoms with van der Waals surface area (Å²) in [5.74, 6) is -0.960. The third-order valence-corrected chi connectivity index (χ3v) is 2.04. The summed E-state index contributed by atoms with van der Waals surface area (Å²) < 4.78 is 0. The number of nitrogens with one attached hydrogen (secondary N) is 1. The fourth-order valence-corrected chi connectivity index (χ4v) is 1.41. The molecule has 0 radical (unpaired) electrons. The van der Waals surface area contributed by atoms with Crippen LogP contribution in [-0.2, 0) is 4.79 Å². The molecule has 4 nitrogen and oxygen atoms in total. The van der Waals surface area contributed by atoms with E-state index in [1.54, 1.807) is 18.2 Å². The number of nitriles is 1. The summed E-state index contributed by atoms with van der Waals surface area (Å²) in [6, 6.07) is 6.98. The molecule has 0 saturated carbocycles. The van der Waals surface area contributed by atoms with Crippen LogP contribution in [0, 0.1) is 11.3 Å². The summed E-state index contributed by atoms with van der Waals surface area (Å²) in [5, 5.41) is 11.3. The number of nitrogen functional groups attached to an aromatic ring is 1. The highest BCUT2D eigenvalue weighted by atomic mass is 16.2. The van der Waals surface area contributed by atoms with E-state index >= 15 is 0 Å². The van der Waals surface area contributed by atoms with Crippen LogP contribution in [-0.4, -0.2) is 5.91 Å². The zero-order valence-corrected chi connectivity index (χ0v) is 6.74. The van der Waals surface area contributed by atoms with Gasteiger partial charge in [0.15, 0.2) is 5.92 Å². The van der Waals surface area contributed by atoms with Crippen LogP contribution in [0.4, 0.5) is 11.4 Å². The second-order valence-corrected chi connectivity index (χ2v) is 2.90. The van der Waals surface area contributed by atoms with Gasteiger partial charge in [0.1, 0.15) is 0 Å². The highest BCUT2D eigenvalue weighted by Crippen LogP contribution is 2.32. The van der Waals surface area contributed by atoms with E-state index in [0.29, 0.717) is 16.9 Å². The standard InChI is InChI=1S/C9H7N3O/c10-4-7-6-2-1-5(11)3-8(6)12-9(7)13/h1-3,7H,11H2,(H,12,13). The van der Waals surface area contributed by atoms with Crippen molar-refractivity contribution in [3.05, 3.63) is 23.8 Å². The number of nitrogens with two attached hydrogens (primary N) is 1. The van der Waals surface area contributed by atoms with Crippen molar-refractivity contribution in [1.82, 2.24) is 0 Å². The van der Waals surface area contributed by atoms with E-state index in [1.807, 2.05) is 6.07 Å². The zero-order valence-electron chi connectivity index (χ0n) is 6.74. The first-order chi connectivity index (χ1) is 6.22. The van der Waals surface area contributed by atoms with E-state index in [0.717, 1.165) is 0 Å². The summed E-state index contributed by atoms with van der Waals surface area (Å²) >= 11 is 0. The lowest BCUT2D eigenvalue weighted by atomic mass is 10.0. The fourth-order valence-electron chi connectivity index (χ4n) is 1.41. The van der Waals surface area contributed by atoms with Gasteiger partial charge in [0.2, 0.25) is 5.91 Å². The summed E-state index contributed by atoms with van der Waals surface area (Å²) in [6.07, 6.45) is 0. The Morgan fingerprint density at radius 1 is 1.54 bits per heavy atom. The average molecular weight is 173 g/mol. The minimum Gasteiger partial charge on any atom is -0.399 e. The van der Waals surface area contributed by atoms with Gasteiger partial charge in [-0.25, -0.2) is 0 Å². The quantitative estimate of drug-likeness (QED) is 0.570. The van der Waals surface area contributed by atoms with Crippen LogP contribution in [0.15, 0.2) is 18.2 Å². The zero-order chi connectivity index (χ0) is 9.42. The predicted molar refractivity (Wildman–Crippen MR) is 47.8 cm³/mol. The van der Waals surface area contributed by atoms with Crippen molar-refractivity contribution in [2.75, 3.05) is 11.1 Å². The molecule has 1 aliphatic rings. The normalized spacial score (nSPS) is 19.0. The summed E-state index contributed by atoms with van der Waals surface area (Å²) in [4.78, 5) is 11.2. The first kappa shape index (κ1) is 7.62. The van der Waals surface area contributed by atoms with Gasteiger partial charge in [0.05, 0.1) is 6.07 Å². The maximum Gasteiger partial charge on any atom is 0.246 e. The van der Waals surface area contributed by atoms with Crippen LogP contribution in [0.3, 0.4) is 0 Å². The number of fused-ring (bicyclic) bond motifs is 1. The van der Waals surface area contributed by atoms with Gasteiger partial charge in [0.25, 0.3) is 0 Å². The smallest absolute Gasteiger partial charge is 0.246 e. The van der Waals surface area contributed by atoms with Crippen LogP contribution in [0.1, 0.15) is 11.5 Å². The predicted octanol–water partition coefficient (Wildman–Crippen LogP) is 0.828. The average Bonchev–Trinajstić information content (AvgIpc) is 2.39. The Bertz CT molecular complexity index is 419. The number of anilines is 2. The molecule has 0 aliphatic carbocycles. The summed E-state index contributed by atoms with van der Waals surface area (Å²) in [6.45, 7) is 0. The van der Waals surface area contributed by atoms with Crippen LogP contribution in [0.5, 0.6) is 0 Å². The van der Waals surface area contributed by atoms with Crippen molar-refractivity contribution in [3.63, 3.8) is 0 Å². The Morgan fingerprint density at radius 3 is 3.00 bits per heavy atom. The number of hydrogen-bond donors (Lipinski definition) is 2. The molecular weight excluding hydrogens is 166 g/mol. The first-order valence-corrected chi connectivity index (χ1v) is 3.82. The number of carbonyl (C=O) groups is 1. The largest absolute Gasteiger partial charge is 0.399 e. The third-order valence-electron chi connectivity index (χ3n) is 2.04. The van der Waals surface area contributed by atoms with Crippen molar-refractivity contribution in [3.8, 4) is 6.07 Å². The van der Waals surface area contributed by atoms with E-state index in [-0.39, 0.29) is 5.91 Å².